The number of rotatable bonds is 13. The van der Waals surface area contributed by atoms with Crippen LogP contribution in [0.25, 0.3) is 0 Å². The molecule has 0 radical (unpaired) electrons. The number of benzene rings is 2. The first kappa shape index (κ1) is 30.0. The van der Waals surface area contributed by atoms with E-state index in [1.165, 1.54) is 22.7 Å². The van der Waals surface area contributed by atoms with Crippen molar-refractivity contribution in [3.8, 4) is 0 Å². The number of nitrogens with one attached hydrogen (secondary N) is 2. The SMILES string of the molecule is O=CO.O=COC(C(=O)Nc1nnc(CCCCc2nnc(NC(=O)Cc3ccccc3)s2)s1)c1ccccc1. The molecule has 0 saturated heterocycles. The number of amides is 2. The average Bonchev–Trinajstić information content (AvgIpc) is 3.60. The third-order valence-corrected chi connectivity index (χ3v) is 6.98. The van der Waals surface area contributed by atoms with Gasteiger partial charge in [0.05, 0.1) is 6.42 Å². The average molecular weight is 583 g/mol. The maximum atomic E-state index is 12.6. The van der Waals surface area contributed by atoms with Crippen LogP contribution in [-0.4, -0.2) is 50.3 Å². The summed E-state index contributed by atoms with van der Waals surface area (Å²) in [6.07, 6.45) is 2.36. The van der Waals surface area contributed by atoms with Gasteiger partial charge in [0, 0.05) is 18.4 Å². The Morgan fingerprint density at radius 1 is 0.825 bits per heavy atom. The summed E-state index contributed by atoms with van der Waals surface area (Å²) < 4.78 is 4.97. The summed E-state index contributed by atoms with van der Waals surface area (Å²) in [4.78, 5) is 44.0. The first-order valence-electron chi connectivity index (χ1n) is 12.0. The lowest BCUT2D eigenvalue weighted by Crippen LogP contribution is -2.23. The molecule has 12 nitrogen and oxygen atoms in total. The van der Waals surface area contributed by atoms with Crippen LogP contribution in [0.4, 0.5) is 10.3 Å². The maximum Gasteiger partial charge on any atom is 0.294 e. The third-order valence-electron chi connectivity index (χ3n) is 5.18. The predicted molar refractivity (Wildman–Crippen MR) is 149 cm³/mol. The fourth-order valence-corrected chi connectivity index (χ4v) is 5.04. The Labute approximate surface area is 237 Å². The predicted octanol–water partition coefficient (Wildman–Crippen LogP) is 3.69. The summed E-state index contributed by atoms with van der Waals surface area (Å²) in [7, 11) is 0. The Kier molecular flexibility index (Phi) is 12.3. The Morgan fingerprint density at radius 3 is 1.90 bits per heavy atom. The normalized spacial score (nSPS) is 10.9. The lowest BCUT2D eigenvalue weighted by Gasteiger charge is -2.13. The van der Waals surface area contributed by atoms with E-state index in [0.29, 0.717) is 22.2 Å². The maximum absolute atomic E-state index is 12.6. The van der Waals surface area contributed by atoms with Gasteiger partial charge in [-0.1, -0.05) is 83.3 Å². The van der Waals surface area contributed by atoms with Gasteiger partial charge in [-0.05, 0) is 18.4 Å². The van der Waals surface area contributed by atoms with Crippen LogP contribution >= 0.6 is 22.7 Å². The van der Waals surface area contributed by atoms with Crippen LogP contribution in [0.3, 0.4) is 0 Å². The topological polar surface area (TPSA) is 173 Å². The van der Waals surface area contributed by atoms with Gasteiger partial charge in [-0.15, -0.1) is 20.4 Å². The number of hydrogen-bond acceptors (Lipinski definition) is 11. The van der Waals surface area contributed by atoms with E-state index in [-0.39, 0.29) is 25.3 Å². The molecule has 14 heteroatoms. The second-order valence-corrected chi connectivity index (χ2v) is 10.2. The molecule has 2 amide bonds. The zero-order chi connectivity index (χ0) is 28.6. The molecule has 2 heterocycles. The highest BCUT2D eigenvalue weighted by molar-refractivity contribution is 7.15. The van der Waals surface area contributed by atoms with Crippen molar-refractivity contribution in [2.24, 2.45) is 0 Å². The molecule has 0 aliphatic rings. The highest BCUT2D eigenvalue weighted by Gasteiger charge is 2.23. The summed E-state index contributed by atoms with van der Waals surface area (Å²) in [6.45, 7) is 0.00235. The van der Waals surface area contributed by atoms with Crippen LogP contribution in [0.5, 0.6) is 0 Å². The van der Waals surface area contributed by atoms with Gasteiger partial charge in [-0.25, -0.2) is 0 Å². The Bertz CT molecular complexity index is 1370. The summed E-state index contributed by atoms with van der Waals surface area (Å²) in [6, 6.07) is 18.3. The van der Waals surface area contributed by atoms with E-state index in [0.717, 1.165) is 34.8 Å². The number of aromatic nitrogens is 4. The number of carboxylic acid groups (broad SMARTS) is 1. The van der Waals surface area contributed by atoms with Crippen molar-refractivity contribution in [3.63, 3.8) is 0 Å². The number of nitrogens with zero attached hydrogens (tertiary/aromatic N) is 4. The molecule has 0 fully saturated rings. The molecule has 40 heavy (non-hydrogen) atoms. The molecule has 2 aromatic heterocycles. The molecule has 2 aromatic carbocycles. The molecule has 0 aliphatic heterocycles. The minimum absolute atomic E-state index is 0.124. The minimum atomic E-state index is -1.06. The number of aryl methyl sites for hydroxylation is 2. The van der Waals surface area contributed by atoms with Gasteiger partial charge in [0.2, 0.25) is 22.3 Å². The highest BCUT2D eigenvalue weighted by Crippen LogP contribution is 2.23. The van der Waals surface area contributed by atoms with Crippen molar-refractivity contribution in [1.82, 2.24) is 20.4 Å². The number of carbonyl (C=O) groups excluding carboxylic acids is 3. The van der Waals surface area contributed by atoms with E-state index < -0.39 is 12.0 Å². The Morgan fingerprint density at radius 2 is 1.35 bits per heavy atom. The zero-order valence-electron chi connectivity index (χ0n) is 21.1. The molecule has 0 bridgehead atoms. The second-order valence-electron chi connectivity index (χ2n) is 8.04. The van der Waals surface area contributed by atoms with Crippen LogP contribution in [-0.2, 0) is 43.2 Å². The Balaban J connectivity index is 0.00000141. The van der Waals surface area contributed by atoms with Crippen molar-refractivity contribution in [2.75, 3.05) is 10.6 Å². The molecule has 4 aromatic rings. The fraction of sp³-hybridized carbons (Fsp3) is 0.231. The van der Waals surface area contributed by atoms with Crippen molar-refractivity contribution in [1.29, 1.82) is 0 Å². The number of hydrogen-bond donors (Lipinski definition) is 3. The molecular formula is C26H26N6O6S2. The molecule has 208 valence electrons. The van der Waals surface area contributed by atoms with E-state index in [1.807, 2.05) is 36.4 Å². The standard InChI is InChI=1S/C25H24N6O4S2.CH2O2/c32-16-35-22(18-11-5-2-6-12-18)23(34)27-25-31-29-21(37-25)14-8-7-13-20-28-30-24(36-20)26-19(33)15-17-9-3-1-4-10-17;2-1-3/h1-6,9-12,16,22H,7-8,13-15H2,(H,26,30,33)(H,27,31,34);1H,(H,2,3). The first-order valence-corrected chi connectivity index (χ1v) is 13.7. The van der Waals surface area contributed by atoms with Crippen LogP contribution in [0.15, 0.2) is 60.7 Å². The summed E-state index contributed by atoms with van der Waals surface area (Å²) in [5, 5.41) is 31.2. The Hall–Kier alpha value is -4.56. The molecule has 0 saturated carbocycles. The number of unbranched alkanes of at least 4 members (excludes halogenated alkanes) is 1. The van der Waals surface area contributed by atoms with Gasteiger partial charge in [0.25, 0.3) is 18.9 Å². The van der Waals surface area contributed by atoms with Crippen LogP contribution < -0.4 is 10.6 Å². The van der Waals surface area contributed by atoms with E-state index >= 15 is 0 Å². The van der Waals surface area contributed by atoms with E-state index in [1.54, 1.807) is 24.3 Å². The minimum Gasteiger partial charge on any atom is -0.483 e. The monoisotopic (exact) mass is 582 g/mol. The lowest BCUT2D eigenvalue weighted by atomic mass is 10.1. The van der Waals surface area contributed by atoms with Crippen LogP contribution in [0.1, 0.15) is 40.1 Å². The number of carbonyl (C=O) groups is 4. The molecule has 1 unspecified atom stereocenters. The summed E-state index contributed by atoms with van der Waals surface area (Å²) in [5.74, 6) is -0.621. The van der Waals surface area contributed by atoms with Gasteiger partial charge in [0.15, 0.2) is 0 Å². The largest absolute Gasteiger partial charge is 0.483 e. The van der Waals surface area contributed by atoms with Crippen molar-refractivity contribution in [2.45, 2.75) is 38.2 Å². The van der Waals surface area contributed by atoms with Crippen molar-refractivity contribution < 1.29 is 29.0 Å². The smallest absolute Gasteiger partial charge is 0.294 e. The third kappa shape index (κ3) is 9.96. The first-order chi connectivity index (χ1) is 19.5. The van der Waals surface area contributed by atoms with E-state index in [9.17, 15) is 14.4 Å². The molecule has 0 spiro atoms. The number of anilines is 2. The van der Waals surface area contributed by atoms with Crippen LogP contribution in [0, 0.1) is 0 Å². The van der Waals surface area contributed by atoms with Gasteiger partial charge < -0.3 is 15.2 Å². The number of ether oxygens (including phenoxy) is 1. The van der Waals surface area contributed by atoms with Crippen molar-refractivity contribution in [3.05, 3.63) is 81.8 Å². The molecule has 4 rings (SSSR count). The second kappa shape index (κ2) is 16.4. The van der Waals surface area contributed by atoms with Gasteiger partial charge >= 0.3 is 0 Å². The molecule has 0 aliphatic carbocycles. The van der Waals surface area contributed by atoms with Gasteiger partial charge in [-0.2, -0.15) is 0 Å². The molecule has 1 atom stereocenters. The molecular weight excluding hydrogens is 556 g/mol. The van der Waals surface area contributed by atoms with Gasteiger partial charge in [-0.3, -0.25) is 24.5 Å². The summed E-state index contributed by atoms with van der Waals surface area (Å²) >= 11 is 2.65. The van der Waals surface area contributed by atoms with E-state index in [2.05, 4.69) is 31.0 Å². The van der Waals surface area contributed by atoms with Crippen LogP contribution in [0.2, 0.25) is 0 Å². The highest BCUT2D eigenvalue weighted by atomic mass is 32.1. The lowest BCUT2D eigenvalue weighted by molar-refractivity contribution is -0.142. The summed E-state index contributed by atoms with van der Waals surface area (Å²) in [5.41, 5.74) is 1.50. The molecule has 3 N–H and O–H groups in total. The van der Waals surface area contributed by atoms with E-state index in [4.69, 9.17) is 14.6 Å². The zero-order valence-corrected chi connectivity index (χ0v) is 22.8. The van der Waals surface area contributed by atoms with Crippen molar-refractivity contribution >= 4 is 57.7 Å². The van der Waals surface area contributed by atoms with Gasteiger partial charge in [0.1, 0.15) is 10.0 Å². The fourth-order valence-electron chi connectivity index (χ4n) is 3.45. The quantitative estimate of drug-likeness (QED) is 0.156.